The summed E-state index contributed by atoms with van der Waals surface area (Å²) in [7, 11) is 0. The van der Waals surface area contributed by atoms with E-state index in [2.05, 4.69) is 29.8 Å². The van der Waals surface area contributed by atoms with Crippen molar-refractivity contribution in [3.05, 3.63) is 48.0 Å². The number of carbonyl (C=O) groups excluding carboxylic acids is 3. The van der Waals surface area contributed by atoms with Gasteiger partial charge in [-0.1, -0.05) is 49.6 Å². The number of rotatable bonds is 9. The van der Waals surface area contributed by atoms with Crippen molar-refractivity contribution in [2.24, 2.45) is 0 Å². The average Bonchev–Trinajstić information content (AvgIpc) is 2.77. The fraction of sp³-hybridized carbons (Fsp3) is 0.577. The number of hydrogen-bond donors (Lipinski definition) is 3. The van der Waals surface area contributed by atoms with Gasteiger partial charge >= 0.3 is 6.09 Å². The number of alkyl carbamates (subject to hydrolysis) is 1. The summed E-state index contributed by atoms with van der Waals surface area (Å²) in [6, 6.07) is 5.80. The first-order valence-corrected chi connectivity index (χ1v) is 12.6. The molecule has 2 N–H and O–H groups in total. The Kier molecular flexibility index (Phi) is 10.5. The van der Waals surface area contributed by atoms with E-state index in [4.69, 9.17) is 4.74 Å². The fourth-order valence-electron chi connectivity index (χ4n) is 4.17. The summed E-state index contributed by atoms with van der Waals surface area (Å²) < 4.78 is 5.32. The summed E-state index contributed by atoms with van der Waals surface area (Å²) in [6.07, 6.45) is 6.07. The van der Waals surface area contributed by atoms with Gasteiger partial charge in [-0.25, -0.2) is 4.79 Å². The lowest BCUT2D eigenvalue weighted by Crippen LogP contribution is -2.54. The van der Waals surface area contributed by atoms with Gasteiger partial charge in [0.1, 0.15) is 17.7 Å². The zero-order chi connectivity index (χ0) is 25.3. The van der Waals surface area contributed by atoms with Crippen molar-refractivity contribution < 1.29 is 19.1 Å². The minimum Gasteiger partial charge on any atom is -0.444 e. The molecular weight excluding hydrogens is 450 g/mol. The van der Waals surface area contributed by atoms with E-state index in [9.17, 15) is 14.4 Å². The van der Waals surface area contributed by atoms with Crippen LogP contribution in [0.1, 0.15) is 70.0 Å². The second kappa shape index (κ2) is 12.8. The maximum atomic E-state index is 13.7. The molecule has 1 aromatic rings. The van der Waals surface area contributed by atoms with Gasteiger partial charge in [0.15, 0.2) is 0 Å². The van der Waals surface area contributed by atoms with Crippen LogP contribution in [0.5, 0.6) is 0 Å². The lowest BCUT2D eigenvalue weighted by molar-refractivity contribution is -0.141. The molecule has 1 fully saturated rings. The highest BCUT2D eigenvalue weighted by atomic mass is 32.1. The number of hydrogen-bond acceptors (Lipinski definition) is 5. The van der Waals surface area contributed by atoms with Crippen molar-refractivity contribution in [2.45, 2.75) is 83.5 Å². The summed E-state index contributed by atoms with van der Waals surface area (Å²) in [5.41, 5.74) is 0.926. The summed E-state index contributed by atoms with van der Waals surface area (Å²) in [5, 5.41) is 5.78. The Morgan fingerprint density at radius 3 is 2.41 bits per heavy atom. The number of nitrogens with zero attached hydrogens (tertiary/aromatic N) is 1. The molecule has 1 aliphatic carbocycles. The van der Waals surface area contributed by atoms with Crippen LogP contribution in [0.15, 0.2) is 36.9 Å². The highest BCUT2D eigenvalue weighted by Crippen LogP contribution is 2.27. The molecule has 1 aromatic carbocycles. The van der Waals surface area contributed by atoms with Gasteiger partial charge in [0.2, 0.25) is 11.8 Å². The van der Waals surface area contributed by atoms with Crippen molar-refractivity contribution in [3.8, 4) is 0 Å². The van der Waals surface area contributed by atoms with E-state index in [1.807, 2.05) is 31.2 Å². The van der Waals surface area contributed by atoms with Crippen molar-refractivity contribution in [3.63, 3.8) is 0 Å². The molecule has 188 valence electrons. The van der Waals surface area contributed by atoms with Crippen molar-refractivity contribution >= 4 is 30.5 Å². The number of amides is 3. The molecule has 0 heterocycles. The first kappa shape index (κ1) is 27.8. The predicted molar refractivity (Wildman–Crippen MR) is 138 cm³/mol. The van der Waals surface area contributed by atoms with Crippen LogP contribution in [0.3, 0.4) is 0 Å². The molecule has 2 atom stereocenters. The Bertz CT molecular complexity index is 862. The quantitative estimate of drug-likeness (QED) is 0.356. The zero-order valence-corrected chi connectivity index (χ0v) is 21.7. The van der Waals surface area contributed by atoms with Crippen LogP contribution in [-0.4, -0.2) is 52.8 Å². The van der Waals surface area contributed by atoms with E-state index < -0.39 is 29.7 Å². The Labute approximate surface area is 209 Å². The molecule has 2 unspecified atom stereocenters. The first-order valence-electron chi connectivity index (χ1n) is 11.9. The molecule has 2 rings (SSSR count). The van der Waals surface area contributed by atoms with Gasteiger partial charge in [0, 0.05) is 18.3 Å². The molecule has 8 heteroatoms. The number of ether oxygens (including phenoxy) is 1. The van der Waals surface area contributed by atoms with E-state index in [-0.39, 0.29) is 24.2 Å². The second-order valence-corrected chi connectivity index (χ2v) is 10.1. The summed E-state index contributed by atoms with van der Waals surface area (Å²) in [5.74, 6) is -0.601. The van der Waals surface area contributed by atoms with Gasteiger partial charge in [-0.15, -0.1) is 6.58 Å². The van der Waals surface area contributed by atoms with Gasteiger partial charge in [0.05, 0.1) is 0 Å². The van der Waals surface area contributed by atoms with Crippen LogP contribution in [-0.2, 0) is 14.3 Å². The maximum absolute atomic E-state index is 13.7. The second-order valence-electron chi connectivity index (χ2n) is 9.76. The number of thiol groups is 1. The SMILES string of the molecule is C=CCN(C(=O)C(CS)NC(=O)OC(C)(C)C)C(C(=O)NC1CCCCC1)c1ccccc1C. The van der Waals surface area contributed by atoms with Gasteiger partial charge in [0.25, 0.3) is 0 Å². The van der Waals surface area contributed by atoms with Crippen molar-refractivity contribution in [2.75, 3.05) is 12.3 Å². The molecule has 3 amide bonds. The molecule has 0 spiro atoms. The van der Waals surface area contributed by atoms with Crippen LogP contribution in [0.2, 0.25) is 0 Å². The zero-order valence-electron chi connectivity index (χ0n) is 20.8. The van der Waals surface area contributed by atoms with E-state index in [1.54, 1.807) is 26.8 Å². The molecule has 0 saturated heterocycles. The van der Waals surface area contributed by atoms with E-state index in [1.165, 1.54) is 11.3 Å². The standard InChI is InChI=1S/C26H39N3O4S/c1-6-16-29(24(31)21(17-34)28-25(32)33-26(3,4)5)22(20-15-11-10-12-18(20)2)23(30)27-19-13-8-7-9-14-19/h6,10-12,15,19,21-22,34H,1,7-9,13-14,16-17H2,2-5H3,(H,27,30)(H,28,32). The first-order chi connectivity index (χ1) is 16.1. The summed E-state index contributed by atoms with van der Waals surface area (Å²) in [6.45, 7) is 11.1. The van der Waals surface area contributed by atoms with Gasteiger partial charge in [-0.2, -0.15) is 12.6 Å². The van der Waals surface area contributed by atoms with Gasteiger partial charge < -0.3 is 20.3 Å². The monoisotopic (exact) mass is 489 g/mol. The third kappa shape index (κ3) is 8.08. The van der Waals surface area contributed by atoms with E-state index in [0.29, 0.717) is 0 Å². The highest BCUT2D eigenvalue weighted by molar-refractivity contribution is 7.80. The third-order valence-electron chi connectivity index (χ3n) is 5.78. The topological polar surface area (TPSA) is 87.7 Å². The number of benzene rings is 1. The lowest BCUT2D eigenvalue weighted by Gasteiger charge is -2.35. The van der Waals surface area contributed by atoms with Crippen LogP contribution in [0.25, 0.3) is 0 Å². The average molecular weight is 490 g/mol. The molecule has 1 aliphatic rings. The fourth-order valence-corrected chi connectivity index (χ4v) is 4.42. The van der Waals surface area contributed by atoms with Crippen LogP contribution < -0.4 is 10.6 Å². The van der Waals surface area contributed by atoms with Crippen LogP contribution in [0.4, 0.5) is 4.79 Å². The van der Waals surface area contributed by atoms with Crippen molar-refractivity contribution in [1.82, 2.24) is 15.5 Å². The highest BCUT2D eigenvalue weighted by Gasteiger charge is 2.36. The van der Waals surface area contributed by atoms with E-state index >= 15 is 0 Å². The molecular formula is C26H39N3O4S. The molecule has 7 nitrogen and oxygen atoms in total. The van der Waals surface area contributed by atoms with Crippen LogP contribution >= 0.6 is 12.6 Å². The van der Waals surface area contributed by atoms with E-state index in [0.717, 1.165) is 36.8 Å². The largest absolute Gasteiger partial charge is 0.444 e. The molecule has 0 aromatic heterocycles. The summed E-state index contributed by atoms with van der Waals surface area (Å²) in [4.78, 5) is 41.1. The minimum absolute atomic E-state index is 0.0520. The number of aryl methyl sites for hydroxylation is 1. The molecule has 1 saturated carbocycles. The van der Waals surface area contributed by atoms with Gasteiger partial charge in [-0.3, -0.25) is 9.59 Å². The maximum Gasteiger partial charge on any atom is 0.408 e. The third-order valence-corrected chi connectivity index (χ3v) is 6.14. The summed E-state index contributed by atoms with van der Waals surface area (Å²) >= 11 is 4.29. The number of carbonyl (C=O) groups is 3. The van der Waals surface area contributed by atoms with Gasteiger partial charge in [-0.05, 0) is 51.7 Å². The molecule has 0 aliphatic heterocycles. The predicted octanol–water partition coefficient (Wildman–Crippen LogP) is 4.32. The number of nitrogens with one attached hydrogen (secondary N) is 2. The molecule has 34 heavy (non-hydrogen) atoms. The Morgan fingerprint density at radius 2 is 1.85 bits per heavy atom. The minimum atomic E-state index is -0.966. The van der Waals surface area contributed by atoms with Crippen LogP contribution in [0, 0.1) is 6.92 Å². The molecule has 0 bridgehead atoms. The Hall–Kier alpha value is -2.48. The molecule has 0 radical (unpaired) electrons. The lowest BCUT2D eigenvalue weighted by atomic mass is 9.94. The normalized spacial score (nSPS) is 16.1. The smallest absolute Gasteiger partial charge is 0.408 e. The van der Waals surface area contributed by atoms with Crippen molar-refractivity contribution in [1.29, 1.82) is 0 Å². The Balaban J connectivity index is 2.37. The Morgan fingerprint density at radius 1 is 1.21 bits per heavy atom.